The lowest BCUT2D eigenvalue weighted by Crippen LogP contribution is -2.31. The van der Waals surface area contributed by atoms with Crippen LogP contribution in [0.5, 0.6) is 5.75 Å². The first-order chi connectivity index (χ1) is 9.52. The normalized spacial score (nSPS) is 16.0. The van der Waals surface area contributed by atoms with E-state index in [0.29, 0.717) is 23.9 Å². The molecule has 0 bridgehead atoms. The van der Waals surface area contributed by atoms with E-state index < -0.39 is 4.92 Å². The van der Waals surface area contributed by atoms with Gasteiger partial charge < -0.3 is 15.8 Å². The van der Waals surface area contributed by atoms with Crippen molar-refractivity contribution >= 4 is 11.4 Å². The summed E-state index contributed by atoms with van der Waals surface area (Å²) in [6, 6.07) is 5.17. The highest BCUT2D eigenvalue weighted by Gasteiger charge is 2.32. The summed E-state index contributed by atoms with van der Waals surface area (Å²) in [4.78, 5) is 10.9. The van der Waals surface area contributed by atoms with Crippen molar-refractivity contribution in [1.82, 2.24) is 0 Å². The van der Waals surface area contributed by atoms with Crippen LogP contribution in [-0.2, 0) is 0 Å². The Morgan fingerprint density at radius 3 is 2.70 bits per heavy atom. The Labute approximate surface area is 118 Å². The number of nitrogens with one attached hydrogen (secondary N) is 1. The largest absolute Gasteiger partial charge is 0.484 e. The van der Waals surface area contributed by atoms with Crippen molar-refractivity contribution in [2.75, 3.05) is 11.9 Å². The number of hydrogen-bond donors (Lipinski definition) is 2. The van der Waals surface area contributed by atoms with Gasteiger partial charge in [-0.1, -0.05) is 6.07 Å². The molecule has 1 fully saturated rings. The quantitative estimate of drug-likeness (QED) is 0.591. The van der Waals surface area contributed by atoms with Crippen molar-refractivity contribution in [3.8, 4) is 5.75 Å². The van der Waals surface area contributed by atoms with Gasteiger partial charge in [0.15, 0.2) is 5.75 Å². The maximum absolute atomic E-state index is 11.3. The van der Waals surface area contributed by atoms with Crippen LogP contribution in [0.4, 0.5) is 11.4 Å². The third kappa shape index (κ3) is 3.39. The summed E-state index contributed by atoms with van der Waals surface area (Å²) < 4.78 is 5.53. The molecule has 110 valence electrons. The van der Waals surface area contributed by atoms with Crippen molar-refractivity contribution in [1.29, 1.82) is 0 Å². The van der Waals surface area contributed by atoms with Gasteiger partial charge in [0.1, 0.15) is 5.69 Å². The Hall–Kier alpha value is -1.82. The summed E-state index contributed by atoms with van der Waals surface area (Å²) >= 11 is 0. The van der Waals surface area contributed by atoms with Gasteiger partial charge >= 0.3 is 5.69 Å². The van der Waals surface area contributed by atoms with Gasteiger partial charge in [0.2, 0.25) is 0 Å². The minimum absolute atomic E-state index is 0.0136. The second-order valence-corrected chi connectivity index (χ2v) is 5.40. The molecule has 0 spiro atoms. The van der Waals surface area contributed by atoms with E-state index in [4.69, 9.17) is 10.5 Å². The molecule has 3 N–H and O–H groups in total. The van der Waals surface area contributed by atoms with Crippen LogP contribution in [0.1, 0.15) is 26.7 Å². The van der Waals surface area contributed by atoms with Gasteiger partial charge in [0.05, 0.1) is 11.0 Å². The highest BCUT2D eigenvalue weighted by Crippen LogP contribution is 2.39. The zero-order valence-corrected chi connectivity index (χ0v) is 11.8. The van der Waals surface area contributed by atoms with E-state index in [-0.39, 0.29) is 17.8 Å². The van der Waals surface area contributed by atoms with Gasteiger partial charge in [0, 0.05) is 12.6 Å². The van der Waals surface area contributed by atoms with Gasteiger partial charge in [-0.05, 0) is 44.7 Å². The van der Waals surface area contributed by atoms with Gasteiger partial charge in [-0.25, -0.2) is 0 Å². The molecule has 1 aliphatic rings. The molecular formula is C14H21N3O3. The average Bonchev–Trinajstić information content (AvgIpc) is 3.19. The highest BCUT2D eigenvalue weighted by atomic mass is 16.6. The number of para-hydroxylation sites is 1. The summed E-state index contributed by atoms with van der Waals surface area (Å²) in [5.74, 6) is 0.816. The predicted octanol–water partition coefficient (Wildman–Crippen LogP) is 2.53. The summed E-state index contributed by atoms with van der Waals surface area (Å²) in [6.45, 7) is 4.16. The first kappa shape index (κ1) is 14.6. The van der Waals surface area contributed by atoms with E-state index in [1.807, 2.05) is 13.8 Å². The monoisotopic (exact) mass is 279 g/mol. The first-order valence-electron chi connectivity index (χ1n) is 6.93. The lowest BCUT2D eigenvalue weighted by Gasteiger charge is -2.19. The maximum atomic E-state index is 11.3. The smallest absolute Gasteiger partial charge is 0.333 e. The third-order valence-corrected chi connectivity index (χ3v) is 3.33. The summed E-state index contributed by atoms with van der Waals surface area (Å²) in [6.07, 6.45) is 2.15. The fourth-order valence-corrected chi connectivity index (χ4v) is 2.24. The molecular weight excluding hydrogens is 258 g/mol. The molecule has 6 nitrogen and oxygen atoms in total. The van der Waals surface area contributed by atoms with E-state index in [1.54, 1.807) is 18.2 Å². The van der Waals surface area contributed by atoms with Crippen molar-refractivity contribution in [3.63, 3.8) is 0 Å². The maximum Gasteiger partial charge on any atom is 0.333 e. The highest BCUT2D eigenvalue weighted by molar-refractivity contribution is 5.69. The number of rotatable bonds is 7. The number of nitro groups is 1. The molecule has 1 aromatic carbocycles. The lowest BCUT2D eigenvalue weighted by molar-refractivity contribution is -0.385. The Morgan fingerprint density at radius 2 is 2.20 bits per heavy atom. The van der Waals surface area contributed by atoms with Gasteiger partial charge in [-0.15, -0.1) is 0 Å². The number of ether oxygens (including phenoxy) is 1. The number of benzene rings is 1. The lowest BCUT2D eigenvalue weighted by atomic mass is 10.1. The zero-order valence-electron chi connectivity index (χ0n) is 11.8. The molecule has 2 rings (SSSR count). The topological polar surface area (TPSA) is 90.4 Å². The van der Waals surface area contributed by atoms with E-state index in [9.17, 15) is 10.1 Å². The molecule has 1 atom stereocenters. The number of anilines is 1. The van der Waals surface area contributed by atoms with Crippen LogP contribution in [0, 0.1) is 16.0 Å². The van der Waals surface area contributed by atoms with E-state index >= 15 is 0 Å². The van der Waals surface area contributed by atoms with Crippen molar-refractivity contribution in [3.05, 3.63) is 28.3 Å². The zero-order chi connectivity index (χ0) is 14.7. The number of nitrogens with zero attached hydrogens (tertiary/aromatic N) is 1. The number of nitrogens with two attached hydrogens (primary N) is 1. The van der Waals surface area contributed by atoms with E-state index in [1.165, 1.54) is 0 Å². The first-order valence-corrected chi connectivity index (χ1v) is 6.93. The molecule has 1 saturated carbocycles. The summed E-state index contributed by atoms with van der Waals surface area (Å²) in [5, 5.41) is 14.5. The Kier molecular flexibility index (Phi) is 4.44. The summed E-state index contributed by atoms with van der Waals surface area (Å²) in [5.41, 5.74) is 6.21. The van der Waals surface area contributed by atoms with E-state index in [2.05, 4.69) is 5.32 Å². The second-order valence-electron chi connectivity index (χ2n) is 5.40. The van der Waals surface area contributed by atoms with Gasteiger partial charge in [-0.3, -0.25) is 10.1 Å². The number of nitro benzene ring substituents is 1. The molecule has 20 heavy (non-hydrogen) atoms. The molecule has 6 heteroatoms. The molecule has 0 heterocycles. The van der Waals surface area contributed by atoms with E-state index in [0.717, 1.165) is 12.8 Å². The molecule has 0 saturated heterocycles. The fourth-order valence-electron chi connectivity index (χ4n) is 2.24. The molecule has 1 unspecified atom stereocenters. The predicted molar refractivity (Wildman–Crippen MR) is 78.0 cm³/mol. The van der Waals surface area contributed by atoms with Crippen LogP contribution >= 0.6 is 0 Å². The van der Waals surface area contributed by atoms with Crippen LogP contribution in [0.15, 0.2) is 18.2 Å². The molecule has 0 amide bonds. The Morgan fingerprint density at radius 1 is 1.50 bits per heavy atom. The summed E-state index contributed by atoms with van der Waals surface area (Å²) in [7, 11) is 0. The molecule has 0 aliphatic heterocycles. The molecule has 1 aromatic rings. The second kappa shape index (κ2) is 6.09. The van der Waals surface area contributed by atoms with Crippen LogP contribution in [0.25, 0.3) is 0 Å². The van der Waals surface area contributed by atoms with Crippen molar-refractivity contribution in [2.45, 2.75) is 38.8 Å². The number of hydrogen-bond acceptors (Lipinski definition) is 5. The fraction of sp³-hybridized carbons (Fsp3) is 0.571. The average molecular weight is 279 g/mol. The standard InChI is InChI=1S/C14H21N3O3/c1-9(2)20-13-5-3-4-11(14(13)17(18)19)16-12(8-15)10-6-7-10/h3-5,9-10,12,16H,6-8,15H2,1-2H3. The van der Waals surface area contributed by atoms with Crippen molar-refractivity contribution in [2.24, 2.45) is 11.7 Å². The van der Waals surface area contributed by atoms with Crippen LogP contribution < -0.4 is 15.8 Å². The molecule has 1 aliphatic carbocycles. The molecule has 0 radical (unpaired) electrons. The molecule has 0 aromatic heterocycles. The third-order valence-electron chi connectivity index (χ3n) is 3.33. The van der Waals surface area contributed by atoms with Crippen LogP contribution in [0.2, 0.25) is 0 Å². The van der Waals surface area contributed by atoms with Crippen LogP contribution in [-0.4, -0.2) is 23.6 Å². The SMILES string of the molecule is CC(C)Oc1cccc(NC(CN)C2CC2)c1[N+](=O)[O-]. The van der Waals surface area contributed by atoms with Crippen molar-refractivity contribution < 1.29 is 9.66 Å². The van der Waals surface area contributed by atoms with Gasteiger partial charge in [0.25, 0.3) is 0 Å². The van der Waals surface area contributed by atoms with Gasteiger partial charge in [-0.2, -0.15) is 0 Å². The minimum Gasteiger partial charge on any atom is -0.484 e. The minimum atomic E-state index is -0.402. The Bertz CT molecular complexity index is 487. The van der Waals surface area contributed by atoms with Crippen LogP contribution in [0.3, 0.4) is 0 Å². The Balaban J connectivity index is 2.28.